The van der Waals surface area contributed by atoms with Gasteiger partial charge in [0.2, 0.25) is 5.78 Å². The van der Waals surface area contributed by atoms with E-state index < -0.39 is 11.9 Å². The Morgan fingerprint density at radius 2 is 1.95 bits per heavy atom. The maximum atomic E-state index is 13.4. The quantitative estimate of drug-likeness (QED) is 0.601. The molecule has 0 radical (unpaired) electrons. The molecule has 1 atom stereocenters. The summed E-state index contributed by atoms with van der Waals surface area (Å²) in [5.41, 5.74) is 0.711. The summed E-state index contributed by atoms with van der Waals surface area (Å²) in [7, 11) is 0. The summed E-state index contributed by atoms with van der Waals surface area (Å²) in [5.74, 6) is -0.570. The van der Waals surface area contributed by atoms with Gasteiger partial charge in [0.05, 0.1) is 0 Å². The standard InChI is InChI=1S/C17H15FO3/c1-2-16(17(20)13-6-4-3-5-7-13)21-15-9-12(11-19)8-14(18)10-15/h3-11,16H,2H2,1H3. The van der Waals surface area contributed by atoms with Crippen molar-refractivity contribution in [3.05, 3.63) is 65.5 Å². The van der Waals surface area contributed by atoms with Gasteiger partial charge in [-0.3, -0.25) is 9.59 Å². The minimum absolute atomic E-state index is 0.171. The van der Waals surface area contributed by atoms with Crippen LogP contribution in [0, 0.1) is 5.82 Å². The molecule has 0 aliphatic carbocycles. The Bertz CT molecular complexity index is 638. The van der Waals surface area contributed by atoms with Crippen LogP contribution in [0.2, 0.25) is 0 Å². The van der Waals surface area contributed by atoms with Gasteiger partial charge >= 0.3 is 0 Å². The molecule has 0 aliphatic heterocycles. The van der Waals surface area contributed by atoms with Crippen molar-refractivity contribution in [2.45, 2.75) is 19.4 Å². The highest BCUT2D eigenvalue weighted by atomic mass is 19.1. The molecule has 0 N–H and O–H groups in total. The minimum Gasteiger partial charge on any atom is -0.482 e. The molecule has 4 heteroatoms. The molecule has 2 rings (SSSR count). The van der Waals surface area contributed by atoms with Crippen molar-refractivity contribution < 1.29 is 18.7 Å². The molecule has 0 heterocycles. The highest BCUT2D eigenvalue weighted by Gasteiger charge is 2.20. The molecule has 0 aromatic heterocycles. The third kappa shape index (κ3) is 3.75. The first kappa shape index (κ1) is 14.9. The molecule has 0 bridgehead atoms. The molecule has 2 aromatic rings. The average molecular weight is 286 g/mol. The van der Waals surface area contributed by atoms with Gasteiger partial charge in [0.1, 0.15) is 17.9 Å². The van der Waals surface area contributed by atoms with E-state index in [2.05, 4.69) is 0 Å². The van der Waals surface area contributed by atoms with Gasteiger partial charge in [-0.1, -0.05) is 37.3 Å². The summed E-state index contributed by atoms with van der Waals surface area (Å²) in [5, 5.41) is 0. The number of hydrogen-bond acceptors (Lipinski definition) is 3. The Labute approximate surface area is 122 Å². The molecule has 21 heavy (non-hydrogen) atoms. The van der Waals surface area contributed by atoms with Gasteiger partial charge in [0, 0.05) is 17.2 Å². The number of halogens is 1. The highest BCUT2D eigenvalue weighted by Crippen LogP contribution is 2.19. The van der Waals surface area contributed by atoms with Crippen LogP contribution >= 0.6 is 0 Å². The maximum absolute atomic E-state index is 13.4. The van der Waals surface area contributed by atoms with E-state index in [0.717, 1.165) is 12.1 Å². The monoisotopic (exact) mass is 286 g/mol. The third-order valence-corrected chi connectivity index (χ3v) is 3.03. The fraction of sp³-hybridized carbons (Fsp3) is 0.176. The van der Waals surface area contributed by atoms with Crippen LogP contribution in [0.1, 0.15) is 34.1 Å². The fourth-order valence-corrected chi connectivity index (χ4v) is 2.00. The number of aldehydes is 1. The molecule has 1 unspecified atom stereocenters. The summed E-state index contributed by atoms with van der Waals surface area (Å²) in [6.45, 7) is 1.81. The van der Waals surface area contributed by atoms with Crippen molar-refractivity contribution in [3.8, 4) is 5.75 Å². The van der Waals surface area contributed by atoms with Crippen LogP contribution in [-0.2, 0) is 0 Å². The summed E-state index contributed by atoms with van der Waals surface area (Å²) in [4.78, 5) is 23.1. The molecule has 108 valence electrons. The highest BCUT2D eigenvalue weighted by molar-refractivity contribution is 5.99. The number of carbonyl (C=O) groups excluding carboxylic acids is 2. The lowest BCUT2D eigenvalue weighted by atomic mass is 10.0. The van der Waals surface area contributed by atoms with E-state index in [1.54, 1.807) is 24.3 Å². The number of carbonyl (C=O) groups is 2. The zero-order valence-corrected chi connectivity index (χ0v) is 11.6. The predicted molar refractivity (Wildman–Crippen MR) is 77.3 cm³/mol. The number of rotatable bonds is 6. The van der Waals surface area contributed by atoms with Crippen molar-refractivity contribution >= 4 is 12.1 Å². The Kier molecular flexibility index (Phi) is 4.82. The first-order chi connectivity index (χ1) is 10.1. The molecular weight excluding hydrogens is 271 g/mol. The van der Waals surface area contributed by atoms with E-state index >= 15 is 0 Å². The SMILES string of the molecule is CCC(Oc1cc(F)cc(C=O)c1)C(=O)c1ccccc1. The van der Waals surface area contributed by atoms with Crippen LogP contribution in [0.15, 0.2) is 48.5 Å². The lowest BCUT2D eigenvalue weighted by Crippen LogP contribution is -2.26. The lowest BCUT2D eigenvalue weighted by Gasteiger charge is -2.17. The van der Waals surface area contributed by atoms with Crippen molar-refractivity contribution in [1.29, 1.82) is 0 Å². The number of benzene rings is 2. The summed E-state index contributed by atoms with van der Waals surface area (Å²) in [6.07, 6.45) is 0.269. The largest absolute Gasteiger partial charge is 0.482 e. The van der Waals surface area contributed by atoms with Gasteiger partial charge in [0.25, 0.3) is 0 Å². The Morgan fingerprint density at radius 1 is 1.24 bits per heavy atom. The molecule has 0 spiro atoms. The second-order valence-corrected chi connectivity index (χ2v) is 4.58. The van der Waals surface area contributed by atoms with Crippen LogP contribution in [-0.4, -0.2) is 18.2 Å². The van der Waals surface area contributed by atoms with Crippen LogP contribution in [0.25, 0.3) is 0 Å². The van der Waals surface area contributed by atoms with Crippen LogP contribution < -0.4 is 4.74 Å². The van der Waals surface area contributed by atoms with Gasteiger partial charge in [-0.15, -0.1) is 0 Å². The van der Waals surface area contributed by atoms with E-state index in [0.29, 0.717) is 18.3 Å². The van der Waals surface area contributed by atoms with Crippen LogP contribution in [0.4, 0.5) is 4.39 Å². The Balaban J connectivity index is 2.21. The molecule has 0 fully saturated rings. The average Bonchev–Trinajstić information content (AvgIpc) is 2.52. The van der Waals surface area contributed by atoms with E-state index in [9.17, 15) is 14.0 Å². The van der Waals surface area contributed by atoms with Gasteiger partial charge in [-0.2, -0.15) is 0 Å². The molecule has 0 amide bonds. The second kappa shape index (κ2) is 6.79. The van der Waals surface area contributed by atoms with Crippen LogP contribution in [0.3, 0.4) is 0 Å². The molecule has 3 nitrogen and oxygen atoms in total. The van der Waals surface area contributed by atoms with E-state index in [1.165, 1.54) is 6.07 Å². The van der Waals surface area contributed by atoms with Crippen molar-refractivity contribution in [1.82, 2.24) is 0 Å². The fourth-order valence-electron chi connectivity index (χ4n) is 2.00. The summed E-state index contributed by atoms with van der Waals surface area (Å²) >= 11 is 0. The Morgan fingerprint density at radius 3 is 2.57 bits per heavy atom. The maximum Gasteiger partial charge on any atom is 0.203 e. The second-order valence-electron chi connectivity index (χ2n) is 4.58. The molecular formula is C17H15FO3. The molecule has 0 aliphatic rings. The van der Waals surface area contributed by atoms with Crippen LogP contribution in [0.5, 0.6) is 5.75 Å². The predicted octanol–water partition coefficient (Wildman–Crippen LogP) is 3.68. The lowest BCUT2D eigenvalue weighted by molar-refractivity contribution is 0.0786. The van der Waals surface area contributed by atoms with E-state index in [-0.39, 0.29) is 17.1 Å². The normalized spacial score (nSPS) is 11.7. The minimum atomic E-state index is -0.714. The zero-order valence-electron chi connectivity index (χ0n) is 11.6. The zero-order chi connectivity index (χ0) is 15.2. The topological polar surface area (TPSA) is 43.4 Å². The van der Waals surface area contributed by atoms with Gasteiger partial charge in [-0.05, 0) is 18.6 Å². The number of hydrogen-bond donors (Lipinski definition) is 0. The van der Waals surface area contributed by atoms with Gasteiger partial charge < -0.3 is 4.74 Å². The van der Waals surface area contributed by atoms with E-state index in [4.69, 9.17) is 4.74 Å². The molecule has 0 saturated carbocycles. The van der Waals surface area contributed by atoms with Gasteiger partial charge in [-0.25, -0.2) is 4.39 Å². The number of ketones is 1. The Hall–Kier alpha value is -2.49. The van der Waals surface area contributed by atoms with Crippen molar-refractivity contribution in [2.75, 3.05) is 0 Å². The first-order valence-electron chi connectivity index (χ1n) is 6.65. The van der Waals surface area contributed by atoms with Gasteiger partial charge in [0.15, 0.2) is 6.10 Å². The van der Waals surface area contributed by atoms with Crippen molar-refractivity contribution in [2.24, 2.45) is 0 Å². The number of ether oxygens (including phenoxy) is 1. The first-order valence-corrected chi connectivity index (χ1v) is 6.65. The molecule has 0 saturated heterocycles. The number of Topliss-reactive ketones (excluding diaryl/α,β-unsaturated/α-hetero) is 1. The van der Waals surface area contributed by atoms with Crippen molar-refractivity contribution in [3.63, 3.8) is 0 Å². The smallest absolute Gasteiger partial charge is 0.203 e. The summed E-state index contributed by atoms with van der Waals surface area (Å²) < 4.78 is 18.9. The van der Waals surface area contributed by atoms with E-state index in [1.807, 2.05) is 13.0 Å². The third-order valence-electron chi connectivity index (χ3n) is 3.03. The molecule has 2 aromatic carbocycles. The summed E-state index contributed by atoms with van der Waals surface area (Å²) in [6, 6.07) is 12.5.